The van der Waals surface area contributed by atoms with Gasteiger partial charge >= 0.3 is 0 Å². The van der Waals surface area contributed by atoms with Crippen molar-refractivity contribution in [1.82, 2.24) is 5.32 Å². The summed E-state index contributed by atoms with van der Waals surface area (Å²) in [5, 5.41) is 3.79. The van der Waals surface area contributed by atoms with Crippen LogP contribution in [-0.4, -0.2) is 17.6 Å². The van der Waals surface area contributed by atoms with E-state index in [1.807, 2.05) is 0 Å². The second kappa shape index (κ2) is 4.75. The Labute approximate surface area is 135 Å². The van der Waals surface area contributed by atoms with Crippen LogP contribution < -0.4 is 5.32 Å². The molecule has 1 fully saturated rings. The first-order valence-electron chi connectivity index (χ1n) is 8.53. The highest BCUT2D eigenvalue weighted by Crippen LogP contribution is 2.50. The lowest BCUT2D eigenvalue weighted by molar-refractivity contribution is -0.116. The smallest absolute Gasteiger partial charge is 0.182 e. The number of rotatable bonds is 0. The molecule has 2 aliphatic carbocycles. The second-order valence-electron chi connectivity index (χ2n) is 7.33. The van der Waals surface area contributed by atoms with Crippen LogP contribution in [0.1, 0.15) is 36.4 Å². The van der Waals surface area contributed by atoms with Crippen molar-refractivity contribution in [2.24, 2.45) is 11.8 Å². The molecule has 4 aliphatic rings. The van der Waals surface area contributed by atoms with Gasteiger partial charge in [0.25, 0.3) is 0 Å². The summed E-state index contributed by atoms with van der Waals surface area (Å²) in [4.78, 5) is 24.4. The first-order chi connectivity index (χ1) is 11.2. The van der Waals surface area contributed by atoms with Crippen molar-refractivity contribution in [1.29, 1.82) is 0 Å². The molecule has 3 nitrogen and oxygen atoms in total. The fraction of sp³-hybridized carbons (Fsp3) is 0.400. The van der Waals surface area contributed by atoms with Crippen molar-refractivity contribution in [3.8, 4) is 0 Å². The summed E-state index contributed by atoms with van der Waals surface area (Å²) in [7, 11) is 0. The van der Waals surface area contributed by atoms with Crippen LogP contribution in [0, 0.1) is 11.8 Å². The summed E-state index contributed by atoms with van der Waals surface area (Å²) in [6.45, 7) is 0. The zero-order valence-corrected chi connectivity index (χ0v) is 12.9. The molecular formula is C20H19NO2. The molecule has 5 rings (SSSR count). The molecule has 1 aromatic carbocycles. The molecule has 116 valence electrons. The molecule has 23 heavy (non-hydrogen) atoms. The maximum absolute atomic E-state index is 12.3. The van der Waals surface area contributed by atoms with Crippen molar-refractivity contribution in [3.63, 3.8) is 0 Å². The molecule has 4 unspecified atom stereocenters. The van der Waals surface area contributed by atoms with Crippen molar-refractivity contribution in [2.75, 3.05) is 0 Å². The molecule has 1 N–H and O–H groups in total. The topological polar surface area (TPSA) is 46.2 Å². The molecule has 0 radical (unpaired) electrons. The molecule has 0 saturated carbocycles. The van der Waals surface area contributed by atoms with Gasteiger partial charge in [-0.25, -0.2) is 0 Å². The van der Waals surface area contributed by atoms with Crippen molar-refractivity contribution in [3.05, 3.63) is 58.7 Å². The van der Waals surface area contributed by atoms with Gasteiger partial charge in [-0.2, -0.15) is 0 Å². The SMILES string of the molecule is O=C1C=CC(=O)C2=C1CC1CC3Cc4ccccc4C(N3)C1C2. The minimum absolute atomic E-state index is 0.0456. The highest BCUT2D eigenvalue weighted by atomic mass is 16.1. The number of nitrogens with one attached hydrogen (secondary N) is 1. The molecule has 1 saturated heterocycles. The van der Waals surface area contributed by atoms with Gasteiger partial charge in [0.2, 0.25) is 0 Å². The van der Waals surface area contributed by atoms with Crippen LogP contribution in [0.25, 0.3) is 0 Å². The Morgan fingerprint density at radius 1 is 0.913 bits per heavy atom. The molecule has 0 amide bonds. The fourth-order valence-corrected chi connectivity index (χ4v) is 5.12. The Morgan fingerprint density at radius 3 is 2.48 bits per heavy atom. The van der Waals surface area contributed by atoms with Gasteiger partial charge in [-0.3, -0.25) is 9.59 Å². The Balaban J connectivity index is 1.57. The first kappa shape index (κ1) is 13.4. The van der Waals surface area contributed by atoms with Gasteiger partial charge in [-0.1, -0.05) is 24.3 Å². The van der Waals surface area contributed by atoms with Gasteiger partial charge in [0.05, 0.1) is 0 Å². The van der Waals surface area contributed by atoms with Crippen LogP contribution >= 0.6 is 0 Å². The number of benzene rings is 1. The van der Waals surface area contributed by atoms with Crippen LogP contribution in [0.3, 0.4) is 0 Å². The number of fused-ring (bicyclic) bond motifs is 6. The Morgan fingerprint density at radius 2 is 1.65 bits per heavy atom. The number of allylic oxidation sites excluding steroid dienone is 4. The maximum Gasteiger partial charge on any atom is 0.182 e. The number of ketones is 2. The van der Waals surface area contributed by atoms with E-state index in [0.717, 1.165) is 36.8 Å². The molecule has 0 aromatic heterocycles. The van der Waals surface area contributed by atoms with Gasteiger partial charge in [0, 0.05) is 23.2 Å². The van der Waals surface area contributed by atoms with E-state index >= 15 is 0 Å². The lowest BCUT2D eigenvalue weighted by Gasteiger charge is -2.49. The molecule has 2 aliphatic heterocycles. The number of hydrogen-bond acceptors (Lipinski definition) is 3. The van der Waals surface area contributed by atoms with Crippen LogP contribution in [-0.2, 0) is 16.0 Å². The van der Waals surface area contributed by atoms with E-state index in [9.17, 15) is 9.59 Å². The zero-order valence-electron chi connectivity index (χ0n) is 12.9. The number of carbonyl (C=O) groups is 2. The number of hydrogen-bond donors (Lipinski definition) is 1. The average Bonchev–Trinajstić information content (AvgIpc) is 2.57. The van der Waals surface area contributed by atoms with E-state index in [0.29, 0.717) is 23.9 Å². The Hall–Kier alpha value is -2.00. The molecule has 3 heteroatoms. The van der Waals surface area contributed by atoms with Crippen LogP contribution in [0.2, 0.25) is 0 Å². The summed E-state index contributed by atoms with van der Waals surface area (Å²) in [5.41, 5.74) is 4.42. The molecular weight excluding hydrogens is 286 g/mol. The predicted octanol–water partition coefficient (Wildman–Crippen LogP) is 2.68. The minimum atomic E-state index is 0.0456. The monoisotopic (exact) mass is 305 g/mol. The highest BCUT2D eigenvalue weighted by molar-refractivity contribution is 6.20. The van der Waals surface area contributed by atoms with E-state index in [1.54, 1.807) is 0 Å². The zero-order chi connectivity index (χ0) is 15.6. The fourth-order valence-electron chi connectivity index (χ4n) is 5.12. The van der Waals surface area contributed by atoms with Crippen LogP contribution in [0.5, 0.6) is 0 Å². The largest absolute Gasteiger partial charge is 0.307 e. The lowest BCUT2D eigenvalue weighted by Crippen LogP contribution is -2.52. The molecule has 2 bridgehead atoms. The van der Waals surface area contributed by atoms with Gasteiger partial charge in [-0.05, 0) is 60.8 Å². The van der Waals surface area contributed by atoms with Crippen LogP contribution in [0.15, 0.2) is 47.6 Å². The van der Waals surface area contributed by atoms with E-state index in [4.69, 9.17) is 0 Å². The van der Waals surface area contributed by atoms with Crippen molar-refractivity contribution < 1.29 is 9.59 Å². The third-order valence-electron chi connectivity index (χ3n) is 6.14. The van der Waals surface area contributed by atoms with Gasteiger partial charge in [0.1, 0.15) is 0 Å². The molecule has 4 atom stereocenters. The van der Waals surface area contributed by atoms with E-state index in [-0.39, 0.29) is 11.6 Å². The number of piperidine rings is 1. The highest BCUT2D eigenvalue weighted by Gasteiger charge is 2.46. The van der Waals surface area contributed by atoms with Crippen molar-refractivity contribution >= 4 is 11.6 Å². The van der Waals surface area contributed by atoms with E-state index in [2.05, 4.69) is 29.6 Å². The molecule has 2 heterocycles. The van der Waals surface area contributed by atoms with Crippen molar-refractivity contribution in [2.45, 2.75) is 37.8 Å². The number of carbonyl (C=O) groups excluding carboxylic acids is 2. The third kappa shape index (κ3) is 1.93. The summed E-state index contributed by atoms with van der Waals surface area (Å²) in [6.07, 6.45) is 6.62. The summed E-state index contributed by atoms with van der Waals surface area (Å²) in [5.74, 6) is 1.04. The van der Waals surface area contributed by atoms with Gasteiger partial charge < -0.3 is 5.32 Å². The van der Waals surface area contributed by atoms with Gasteiger partial charge in [-0.15, -0.1) is 0 Å². The van der Waals surface area contributed by atoms with Crippen LogP contribution in [0.4, 0.5) is 0 Å². The first-order valence-corrected chi connectivity index (χ1v) is 8.53. The van der Waals surface area contributed by atoms with E-state index < -0.39 is 0 Å². The third-order valence-corrected chi connectivity index (χ3v) is 6.14. The average molecular weight is 305 g/mol. The summed E-state index contributed by atoms with van der Waals surface area (Å²) >= 11 is 0. The quantitative estimate of drug-likeness (QED) is 0.750. The predicted molar refractivity (Wildman–Crippen MR) is 86.8 cm³/mol. The second-order valence-corrected chi connectivity index (χ2v) is 7.33. The maximum atomic E-state index is 12.3. The molecule has 0 spiro atoms. The summed E-state index contributed by atoms with van der Waals surface area (Å²) < 4.78 is 0. The molecule has 1 aromatic rings. The Kier molecular flexibility index (Phi) is 2.77. The van der Waals surface area contributed by atoms with Gasteiger partial charge in [0.15, 0.2) is 11.6 Å². The normalized spacial score (nSPS) is 34.8. The Bertz CT molecular complexity index is 789. The van der Waals surface area contributed by atoms with E-state index in [1.165, 1.54) is 23.3 Å². The standard InChI is InChI=1S/C20H19NO2/c22-18-5-6-19(23)17-10-15-12(9-16(17)18)8-13-7-11-3-1-2-4-14(11)20(15)21-13/h1-6,12-13,15,20-21H,7-10H2. The lowest BCUT2D eigenvalue weighted by atomic mass is 9.62. The minimum Gasteiger partial charge on any atom is -0.307 e. The summed E-state index contributed by atoms with van der Waals surface area (Å²) in [6, 6.07) is 9.52.